The molecule has 0 fully saturated rings. The molecule has 104 valence electrons. The zero-order valence-electron chi connectivity index (χ0n) is 10.8. The molecule has 7 heteroatoms. The van der Waals surface area contributed by atoms with Crippen molar-refractivity contribution in [1.29, 1.82) is 0 Å². The Bertz CT molecular complexity index is 658. The van der Waals surface area contributed by atoms with Gasteiger partial charge in [0.05, 0.1) is 6.54 Å². The number of nitrogens with zero attached hydrogens (tertiary/aromatic N) is 1. The molecule has 0 amide bonds. The Morgan fingerprint density at radius 2 is 2.16 bits per heavy atom. The molecule has 0 saturated carbocycles. The van der Waals surface area contributed by atoms with Crippen molar-refractivity contribution in [2.45, 2.75) is 24.2 Å². The molecule has 0 spiro atoms. The second-order valence-corrected chi connectivity index (χ2v) is 7.43. The highest BCUT2D eigenvalue weighted by Gasteiger charge is 2.23. The SMILES string of the molecule is Cc1ccc(CN(C)S(=O)(=O)c2cc(CN)cs2)o1. The van der Waals surface area contributed by atoms with Crippen LogP contribution in [-0.2, 0) is 23.1 Å². The molecule has 2 N–H and O–H groups in total. The quantitative estimate of drug-likeness (QED) is 0.915. The summed E-state index contributed by atoms with van der Waals surface area (Å²) < 4.78 is 31.6. The molecule has 0 aliphatic carbocycles. The number of hydrogen-bond acceptors (Lipinski definition) is 5. The van der Waals surface area contributed by atoms with E-state index in [-0.39, 0.29) is 6.54 Å². The molecule has 0 unspecified atom stereocenters. The zero-order chi connectivity index (χ0) is 14.0. The van der Waals surface area contributed by atoms with E-state index in [1.165, 1.54) is 22.7 Å². The molecular weight excluding hydrogens is 284 g/mol. The molecule has 0 aliphatic rings. The largest absolute Gasteiger partial charge is 0.465 e. The third-order valence-corrected chi connectivity index (χ3v) is 5.97. The first-order chi connectivity index (χ1) is 8.93. The van der Waals surface area contributed by atoms with Crippen LogP contribution in [0.2, 0.25) is 0 Å². The van der Waals surface area contributed by atoms with Crippen molar-refractivity contribution in [3.05, 3.63) is 40.7 Å². The lowest BCUT2D eigenvalue weighted by molar-refractivity contribution is 0.398. The van der Waals surface area contributed by atoms with Gasteiger partial charge in [-0.05, 0) is 36.1 Å². The third kappa shape index (κ3) is 3.06. The fraction of sp³-hybridized carbons (Fsp3) is 0.333. The second kappa shape index (κ2) is 5.46. The summed E-state index contributed by atoms with van der Waals surface area (Å²) in [5.41, 5.74) is 6.32. The minimum atomic E-state index is -3.48. The highest BCUT2D eigenvalue weighted by Crippen LogP contribution is 2.24. The smallest absolute Gasteiger partial charge is 0.252 e. The standard InChI is InChI=1S/C12H16N2O3S2/c1-9-3-4-11(17-9)7-14(2)19(15,16)12-5-10(6-13)8-18-12/h3-5,8H,6-7,13H2,1-2H3. The Kier molecular flexibility index (Phi) is 4.10. The van der Waals surface area contributed by atoms with Gasteiger partial charge in [-0.25, -0.2) is 8.42 Å². The first kappa shape index (κ1) is 14.3. The fourth-order valence-electron chi connectivity index (χ4n) is 1.62. The Balaban J connectivity index is 2.19. The number of thiophene rings is 1. The number of furan rings is 1. The van der Waals surface area contributed by atoms with E-state index in [1.807, 2.05) is 13.0 Å². The van der Waals surface area contributed by atoms with Crippen molar-refractivity contribution in [2.75, 3.05) is 7.05 Å². The van der Waals surface area contributed by atoms with Gasteiger partial charge in [0.2, 0.25) is 0 Å². The summed E-state index contributed by atoms with van der Waals surface area (Å²) >= 11 is 1.18. The fourth-order valence-corrected chi connectivity index (χ4v) is 4.19. The van der Waals surface area contributed by atoms with Crippen molar-refractivity contribution in [3.8, 4) is 0 Å². The van der Waals surface area contributed by atoms with Gasteiger partial charge < -0.3 is 10.2 Å². The van der Waals surface area contributed by atoms with E-state index in [1.54, 1.807) is 17.5 Å². The van der Waals surface area contributed by atoms with Crippen molar-refractivity contribution in [3.63, 3.8) is 0 Å². The number of aryl methyl sites for hydroxylation is 1. The normalized spacial score (nSPS) is 12.2. The van der Waals surface area contributed by atoms with E-state index < -0.39 is 10.0 Å². The maximum atomic E-state index is 12.3. The number of hydrogen-bond donors (Lipinski definition) is 1. The van der Waals surface area contributed by atoms with Crippen molar-refractivity contribution in [2.24, 2.45) is 5.73 Å². The molecule has 0 saturated heterocycles. The summed E-state index contributed by atoms with van der Waals surface area (Å²) in [4.78, 5) is 0. The molecule has 5 nitrogen and oxygen atoms in total. The van der Waals surface area contributed by atoms with Crippen molar-refractivity contribution < 1.29 is 12.8 Å². The molecular formula is C12H16N2O3S2. The maximum Gasteiger partial charge on any atom is 0.252 e. The van der Waals surface area contributed by atoms with Crippen LogP contribution >= 0.6 is 11.3 Å². The van der Waals surface area contributed by atoms with Gasteiger partial charge in [0.25, 0.3) is 10.0 Å². The summed E-state index contributed by atoms with van der Waals surface area (Å²) in [6.45, 7) is 2.38. The van der Waals surface area contributed by atoms with E-state index >= 15 is 0 Å². The van der Waals surface area contributed by atoms with E-state index in [0.717, 1.165) is 11.3 Å². The first-order valence-corrected chi connectivity index (χ1v) is 8.04. The maximum absolute atomic E-state index is 12.3. The van der Waals surface area contributed by atoms with E-state index in [2.05, 4.69) is 0 Å². The van der Waals surface area contributed by atoms with Gasteiger partial charge in [-0.1, -0.05) is 0 Å². The van der Waals surface area contributed by atoms with E-state index in [0.29, 0.717) is 16.5 Å². The van der Waals surface area contributed by atoms with Gasteiger partial charge in [-0.2, -0.15) is 4.31 Å². The summed E-state index contributed by atoms with van der Waals surface area (Å²) in [6, 6.07) is 5.21. The van der Waals surface area contributed by atoms with Crippen LogP contribution in [-0.4, -0.2) is 19.8 Å². The lowest BCUT2D eigenvalue weighted by Crippen LogP contribution is -2.25. The van der Waals surface area contributed by atoms with Gasteiger partial charge in [-0.3, -0.25) is 0 Å². The van der Waals surface area contributed by atoms with Crippen LogP contribution in [0.3, 0.4) is 0 Å². The monoisotopic (exact) mass is 300 g/mol. The van der Waals surface area contributed by atoms with Crippen molar-refractivity contribution in [1.82, 2.24) is 4.31 Å². The molecule has 2 aromatic heterocycles. The molecule has 2 rings (SSSR count). The topological polar surface area (TPSA) is 76.5 Å². The van der Waals surface area contributed by atoms with Crippen LogP contribution in [0.25, 0.3) is 0 Å². The molecule has 19 heavy (non-hydrogen) atoms. The highest BCUT2D eigenvalue weighted by molar-refractivity contribution is 7.91. The minimum absolute atomic E-state index is 0.214. The molecule has 2 heterocycles. The van der Waals surface area contributed by atoms with Gasteiger partial charge in [0, 0.05) is 13.6 Å². The summed E-state index contributed by atoms with van der Waals surface area (Å²) in [5.74, 6) is 1.39. The Morgan fingerprint density at radius 1 is 1.42 bits per heavy atom. The van der Waals surface area contributed by atoms with E-state index in [9.17, 15) is 8.42 Å². The van der Waals surface area contributed by atoms with E-state index in [4.69, 9.17) is 10.2 Å². The Hall–Kier alpha value is -1.15. The molecule has 0 bridgehead atoms. The molecule has 2 aromatic rings. The minimum Gasteiger partial charge on any atom is -0.465 e. The van der Waals surface area contributed by atoms with Gasteiger partial charge in [0.15, 0.2) is 0 Å². The molecule has 0 aromatic carbocycles. The lowest BCUT2D eigenvalue weighted by atomic mass is 10.4. The molecule has 0 radical (unpaired) electrons. The predicted octanol–water partition coefficient (Wildman–Crippen LogP) is 1.93. The van der Waals surface area contributed by atoms with Crippen LogP contribution in [0.4, 0.5) is 0 Å². The molecule has 0 aliphatic heterocycles. The number of nitrogens with two attached hydrogens (primary N) is 1. The predicted molar refractivity (Wildman–Crippen MR) is 74.3 cm³/mol. The number of rotatable bonds is 5. The zero-order valence-corrected chi connectivity index (χ0v) is 12.4. The van der Waals surface area contributed by atoms with Crippen LogP contribution in [0.1, 0.15) is 17.1 Å². The third-order valence-electron chi connectivity index (χ3n) is 2.70. The lowest BCUT2D eigenvalue weighted by Gasteiger charge is -2.14. The Labute approximate surface area is 116 Å². The van der Waals surface area contributed by atoms with Crippen molar-refractivity contribution >= 4 is 21.4 Å². The highest BCUT2D eigenvalue weighted by atomic mass is 32.2. The van der Waals surface area contributed by atoms with Crippen LogP contribution in [0, 0.1) is 6.92 Å². The average molecular weight is 300 g/mol. The second-order valence-electron chi connectivity index (χ2n) is 4.25. The van der Waals surface area contributed by atoms with Gasteiger partial charge >= 0.3 is 0 Å². The first-order valence-electron chi connectivity index (χ1n) is 5.72. The summed E-state index contributed by atoms with van der Waals surface area (Å²) in [7, 11) is -1.94. The number of sulfonamides is 1. The van der Waals surface area contributed by atoms with Crippen LogP contribution in [0.15, 0.2) is 32.2 Å². The summed E-state index contributed by atoms with van der Waals surface area (Å²) in [6.07, 6.45) is 0. The Morgan fingerprint density at radius 3 is 2.68 bits per heavy atom. The van der Waals surface area contributed by atoms with Crippen LogP contribution < -0.4 is 5.73 Å². The molecule has 0 atom stereocenters. The van der Waals surface area contributed by atoms with Gasteiger partial charge in [-0.15, -0.1) is 11.3 Å². The summed E-state index contributed by atoms with van der Waals surface area (Å²) in [5, 5.41) is 1.76. The van der Waals surface area contributed by atoms with Crippen LogP contribution in [0.5, 0.6) is 0 Å². The average Bonchev–Trinajstić information content (AvgIpc) is 2.98. The van der Waals surface area contributed by atoms with Gasteiger partial charge in [0.1, 0.15) is 15.7 Å².